The maximum atomic E-state index is 12.1. The van der Waals surface area contributed by atoms with Gasteiger partial charge in [-0.25, -0.2) is 4.98 Å². The van der Waals surface area contributed by atoms with Gasteiger partial charge in [0.25, 0.3) is 5.91 Å². The molecule has 3 N–H and O–H groups in total. The van der Waals surface area contributed by atoms with E-state index in [0.717, 1.165) is 25.0 Å². The van der Waals surface area contributed by atoms with E-state index >= 15 is 0 Å². The molecule has 4 nitrogen and oxygen atoms in total. The highest BCUT2D eigenvalue weighted by Crippen LogP contribution is 2.29. The molecule has 0 fully saturated rings. The molecule has 2 aromatic rings. The molecule has 1 aromatic heterocycles. The van der Waals surface area contributed by atoms with Gasteiger partial charge in [-0.1, -0.05) is 17.7 Å². The highest BCUT2D eigenvalue weighted by Gasteiger charge is 2.20. The fourth-order valence-electron chi connectivity index (χ4n) is 2.25. The molecule has 1 aromatic carbocycles. The average molecular weight is 344 g/mol. The number of nitrogens with two attached hydrogens (primary N) is 1. The van der Waals surface area contributed by atoms with Crippen molar-refractivity contribution in [1.82, 2.24) is 4.98 Å². The number of aromatic nitrogens is 1. The topological polar surface area (TPSA) is 68.0 Å². The third-order valence-electron chi connectivity index (χ3n) is 3.29. The van der Waals surface area contributed by atoms with Gasteiger partial charge in [-0.3, -0.25) is 10.1 Å². The predicted molar refractivity (Wildman–Crippen MR) is 88.8 cm³/mol. The first-order chi connectivity index (χ1) is 9.61. The first-order valence-electron chi connectivity index (χ1n) is 6.43. The summed E-state index contributed by atoms with van der Waals surface area (Å²) in [4.78, 5) is 17.8. The number of thiazole rings is 1. The normalized spacial score (nSPS) is 16.8. The molecule has 0 aliphatic heterocycles. The minimum atomic E-state index is -0.192. The summed E-state index contributed by atoms with van der Waals surface area (Å²) in [5.74, 6) is -0.192. The van der Waals surface area contributed by atoms with Crippen molar-refractivity contribution in [1.29, 1.82) is 0 Å². The van der Waals surface area contributed by atoms with Gasteiger partial charge in [0.15, 0.2) is 5.13 Å². The maximum Gasteiger partial charge on any atom is 0.257 e. The number of hydrogen-bond donors (Lipinski definition) is 2. The number of aryl methyl sites for hydroxylation is 1. The number of hydrogen-bond acceptors (Lipinski definition) is 4. The molecule has 112 valence electrons. The molecule has 0 unspecified atom stereocenters. The minimum Gasteiger partial charge on any atom is -0.327 e. The van der Waals surface area contributed by atoms with E-state index in [1.807, 2.05) is 0 Å². The Kier molecular flexibility index (Phi) is 5.22. The lowest BCUT2D eigenvalue weighted by Crippen LogP contribution is -2.27. The molecular weight excluding hydrogens is 329 g/mol. The van der Waals surface area contributed by atoms with E-state index in [0.29, 0.717) is 15.7 Å². The van der Waals surface area contributed by atoms with Crippen molar-refractivity contribution in [2.24, 2.45) is 5.73 Å². The second-order valence-corrected chi connectivity index (χ2v) is 6.38. The van der Waals surface area contributed by atoms with Crippen molar-refractivity contribution in [3.8, 4) is 0 Å². The number of carbonyl (C=O) groups excluding carboxylic acids is 1. The second-order valence-electron chi connectivity index (χ2n) is 4.86. The summed E-state index contributed by atoms with van der Waals surface area (Å²) >= 11 is 7.39. The Morgan fingerprint density at radius 3 is 3.05 bits per heavy atom. The molecule has 0 bridgehead atoms. The Morgan fingerprint density at radius 1 is 1.48 bits per heavy atom. The van der Waals surface area contributed by atoms with Crippen LogP contribution in [0.25, 0.3) is 0 Å². The molecule has 1 heterocycles. The molecule has 0 radical (unpaired) electrons. The largest absolute Gasteiger partial charge is 0.327 e. The van der Waals surface area contributed by atoms with Crippen LogP contribution in [0.1, 0.15) is 27.3 Å². The monoisotopic (exact) mass is 343 g/mol. The highest BCUT2D eigenvalue weighted by molar-refractivity contribution is 7.15. The van der Waals surface area contributed by atoms with Crippen molar-refractivity contribution < 1.29 is 4.79 Å². The third-order valence-corrected chi connectivity index (χ3v) is 4.56. The molecule has 1 atom stereocenters. The quantitative estimate of drug-likeness (QED) is 0.878. The highest BCUT2D eigenvalue weighted by atomic mass is 35.5. The van der Waals surface area contributed by atoms with E-state index in [1.165, 1.54) is 16.2 Å². The van der Waals surface area contributed by atoms with Crippen molar-refractivity contribution in [3.63, 3.8) is 0 Å². The number of amides is 1. The lowest BCUT2D eigenvalue weighted by atomic mass is 9.99. The molecule has 0 saturated heterocycles. The molecular formula is C14H15Cl2N3OS. The molecule has 0 spiro atoms. The Labute approximate surface area is 138 Å². The second kappa shape index (κ2) is 6.75. The number of rotatable bonds is 2. The minimum absolute atomic E-state index is 0. The van der Waals surface area contributed by atoms with Gasteiger partial charge in [0.05, 0.1) is 5.69 Å². The van der Waals surface area contributed by atoms with Crippen molar-refractivity contribution >= 4 is 46.4 Å². The van der Waals surface area contributed by atoms with Crippen LogP contribution in [0.5, 0.6) is 0 Å². The standard InChI is InChI=1S/C14H14ClN3OS.ClH/c15-9-3-1-2-8(6-9)13(19)18-14-17-11-5-4-10(16)7-12(11)20-14;/h1-3,6,10H,4-5,7,16H2,(H,17,18,19);1H/t10-;/m0./s1. The summed E-state index contributed by atoms with van der Waals surface area (Å²) in [6.45, 7) is 0. The van der Waals surface area contributed by atoms with Gasteiger partial charge in [-0.15, -0.1) is 23.7 Å². The van der Waals surface area contributed by atoms with E-state index < -0.39 is 0 Å². The summed E-state index contributed by atoms with van der Waals surface area (Å²) in [5, 5.41) is 4.00. The summed E-state index contributed by atoms with van der Waals surface area (Å²) in [7, 11) is 0. The van der Waals surface area contributed by atoms with E-state index in [-0.39, 0.29) is 24.4 Å². The summed E-state index contributed by atoms with van der Waals surface area (Å²) < 4.78 is 0. The number of carbonyl (C=O) groups is 1. The van der Waals surface area contributed by atoms with Crippen LogP contribution in [0.2, 0.25) is 5.02 Å². The smallest absolute Gasteiger partial charge is 0.257 e. The molecule has 1 aliphatic rings. The molecule has 0 saturated carbocycles. The number of nitrogens with one attached hydrogen (secondary N) is 1. The number of benzene rings is 1. The van der Waals surface area contributed by atoms with Gasteiger partial charge in [0, 0.05) is 21.5 Å². The van der Waals surface area contributed by atoms with Gasteiger partial charge < -0.3 is 5.73 Å². The van der Waals surface area contributed by atoms with Crippen LogP contribution >= 0.6 is 35.3 Å². The van der Waals surface area contributed by atoms with E-state index in [4.69, 9.17) is 17.3 Å². The zero-order valence-electron chi connectivity index (χ0n) is 11.1. The van der Waals surface area contributed by atoms with E-state index in [2.05, 4.69) is 10.3 Å². The van der Waals surface area contributed by atoms with Crippen LogP contribution in [-0.2, 0) is 12.8 Å². The number of fused-ring (bicyclic) bond motifs is 1. The van der Waals surface area contributed by atoms with Crippen LogP contribution < -0.4 is 11.1 Å². The first kappa shape index (κ1) is 16.2. The molecule has 1 amide bonds. The van der Waals surface area contributed by atoms with E-state index in [9.17, 15) is 4.79 Å². The number of nitrogens with zero attached hydrogens (tertiary/aromatic N) is 1. The fraction of sp³-hybridized carbons (Fsp3) is 0.286. The van der Waals surface area contributed by atoms with Crippen LogP contribution in [0.4, 0.5) is 5.13 Å². The molecule has 1 aliphatic carbocycles. The van der Waals surface area contributed by atoms with Crippen molar-refractivity contribution in [3.05, 3.63) is 45.4 Å². The lowest BCUT2D eigenvalue weighted by molar-refractivity contribution is 0.102. The van der Waals surface area contributed by atoms with Crippen molar-refractivity contribution in [2.75, 3.05) is 5.32 Å². The Balaban J connectivity index is 0.00000161. The van der Waals surface area contributed by atoms with Crippen LogP contribution in [0.3, 0.4) is 0 Å². The van der Waals surface area contributed by atoms with E-state index in [1.54, 1.807) is 24.3 Å². The first-order valence-corrected chi connectivity index (χ1v) is 7.62. The van der Waals surface area contributed by atoms with Gasteiger partial charge in [0.2, 0.25) is 0 Å². The lowest BCUT2D eigenvalue weighted by Gasteiger charge is -2.15. The van der Waals surface area contributed by atoms with Crippen molar-refractivity contribution in [2.45, 2.75) is 25.3 Å². The van der Waals surface area contributed by atoms with Crippen LogP contribution in [-0.4, -0.2) is 16.9 Å². The summed E-state index contributed by atoms with van der Waals surface area (Å²) in [6.07, 6.45) is 2.69. The van der Waals surface area contributed by atoms with Gasteiger partial charge in [-0.05, 0) is 37.5 Å². The van der Waals surface area contributed by atoms with Crippen LogP contribution in [0.15, 0.2) is 24.3 Å². The molecule has 7 heteroatoms. The summed E-state index contributed by atoms with van der Waals surface area (Å²) in [5.41, 5.74) is 7.54. The fourth-order valence-corrected chi connectivity index (χ4v) is 3.54. The number of anilines is 1. The van der Waals surface area contributed by atoms with Gasteiger partial charge in [0.1, 0.15) is 0 Å². The zero-order valence-corrected chi connectivity index (χ0v) is 13.5. The summed E-state index contributed by atoms with van der Waals surface area (Å²) in [6, 6.07) is 7.06. The Bertz CT molecular complexity index is 659. The number of halogens is 2. The average Bonchev–Trinajstić information content (AvgIpc) is 2.80. The predicted octanol–water partition coefficient (Wildman–Crippen LogP) is 3.29. The Hall–Kier alpha value is -1.14. The zero-order chi connectivity index (χ0) is 14.1. The Morgan fingerprint density at radius 2 is 2.29 bits per heavy atom. The van der Waals surface area contributed by atoms with Gasteiger partial charge in [-0.2, -0.15) is 0 Å². The molecule has 3 rings (SSSR count). The maximum absolute atomic E-state index is 12.1. The SMILES string of the molecule is Cl.N[C@H]1CCc2nc(NC(=O)c3cccc(Cl)c3)sc2C1. The van der Waals surface area contributed by atoms with Gasteiger partial charge >= 0.3 is 0 Å². The van der Waals surface area contributed by atoms with Crippen LogP contribution in [0, 0.1) is 0 Å². The third kappa shape index (κ3) is 3.74. The molecule has 21 heavy (non-hydrogen) atoms.